The first-order valence-electron chi connectivity index (χ1n) is 7.81. The van der Waals surface area contributed by atoms with E-state index in [9.17, 15) is 13.5 Å². The van der Waals surface area contributed by atoms with Crippen LogP contribution in [-0.2, 0) is 9.84 Å². The average Bonchev–Trinajstić information content (AvgIpc) is 2.33. The van der Waals surface area contributed by atoms with E-state index in [2.05, 4.69) is 6.92 Å². The highest BCUT2D eigenvalue weighted by Crippen LogP contribution is 2.12. The molecule has 116 valence electrons. The quantitative estimate of drug-likeness (QED) is 0.527. The summed E-state index contributed by atoms with van der Waals surface area (Å²) in [5.41, 5.74) is 0. The van der Waals surface area contributed by atoms with Crippen LogP contribution in [-0.4, -0.2) is 31.6 Å². The summed E-state index contributed by atoms with van der Waals surface area (Å²) in [5.74, 6) is 0.103. The van der Waals surface area contributed by atoms with Gasteiger partial charge in [0.2, 0.25) is 0 Å². The summed E-state index contributed by atoms with van der Waals surface area (Å²) in [6, 6.07) is 0. The van der Waals surface area contributed by atoms with Crippen LogP contribution in [0.15, 0.2) is 0 Å². The second kappa shape index (κ2) is 11.7. The molecule has 0 amide bonds. The van der Waals surface area contributed by atoms with Crippen molar-refractivity contribution in [2.24, 2.45) is 0 Å². The van der Waals surface area contributed by atoms with E-state index in [1.807, 2.05) is 0 Å². The largest absolute Gasteiger partial charge is 0.393 e. The summed E-state index contributed by atoms with van der Waals surface area (Å²) in [6.07, 6.45) is 13.3. The van der Waals surface area contributed by atoms with Crippen molar-refractivity contribution < 1.29 is 13.5 Å². The van der Waals surface area contributed by atoms with Crippen LogP contribution < -0.4 is 0 Å². The molecule has 0 aliphatic carbocycles. The Balaban J connectivity index is 3.25. The van der Waals surface area contributed by atoms with E-state index in [0.717, 1.165) is 19.3 Å². The van der Waals surface area contributed by atoms with E-state index in [1.54, 1.807) is 0 Å². The van der Waals surface area contributed by atoms with E-state index in [1.165, 1.54) is 51.2 Å². The fourth-order valence-corrected chi connectivity index (χ4v) is 2.89. The molecule has 0 fully saturated rings. The van der Waals surface area contributed by atoms with Crippen molar-refractivity contribution in [3.05, 3.63) is 0 Å². The molecule has 0 aliphatic heterocycles. The Bertz CT molecular complexity index is 286. The number of hydrogen-bond acceptors (Lipinski definition) is 3. The zero-order valence-corrected chi connectivity index (χ0v) is 13.6. The first-order valence-corrected chi connectivity index (χ1v) is 9.87. The molecule has 0 heterocycles. The van der Waals surface area contributed by atoms with Gasteiger partial charge < -0.3 is 5.11 Å². The molecule has 4 heteroatoms. The van der Waals surface area contributed by atoms with Gasteiger partial charge in [-0.3, -0.25) is 0 Å². The van der Waals surface area contributed by atoms with E-state index in [-0.39, 0.29) is 5.75 Å². The maximum Gasteiger partial charge on any atom is 0.147 e. The fraction of sp³-hybridized carbons (Fsp3) is 1.00. The highest BCUT2D eigenvalue weighted by atomic mass is 32.2. The number of aliphatic hydroxyl groups excluding tert-OH is 1. The molecule has 3 nitrogen and oxygen atoms in total. The lowest BCUT2D eigenvalue weighted by molar-refractivity contribution is 0.157. The van der Waals surface area contributed by atoms with Crippen molar-refractivity contribution in [3.8, 4) is 0 Å². The third-order valence-electron chi connectivity index (χ3n) is 3.46. The predicted molar refractivity (Wildman–Crippen MR) is 82.2 cm³/mol. The fourth-order valence-electron chi connectivity index (χ4n) is 2.19. The second-order valence-electron chi connectivity index (χ2n) is 5.69. The van der Waals surface area contributed by atoms with Gasteiger partial charge in [0.25, 0.3) is 0 Å². The average molecular weight is 292 g/mol. The third kappa shape index (κ3) is 15.9. The van der Waals surface area contributed by atoms with Gasteiger partial charge in [0.05, 0.1) is 11.9 Å². The highest BCUT2D eigenvalue weighted by molar-refractivity contribution is 7.90. The maximum absolute atomic E-state index is 10.9. The molecule has 0 aromatic rings. The Morgan fingerprint density at radius 2 is 1.32 bits per heavy atom. The molecule has 1 N–H and O–H groups in total. The van der Waals surface area contributed by atoms with Crippen LogP contribution in [0.25, 0.3) is 0 Å². The van der Waals surface area contributed by atoms with Gasteiger partial charge in [-0.05, 0) is 12.8 Å². The van der Waals surface area contributed by atoms with Gasteiger partial charge in [0.15, 0.2) is 0 Å². The minimum atomic E-state index is -2.93. The van der Waals surface area contributed by atoms with Crippen LogP contribution in [0.5, 0.6) is 0 Å². The molecule has 0 aromatic carbocycles. The standard InChI is InChI=1S/C15H32O3S/c1-3-4-5-6-7-8-9-10-11-12-15(16)13-14-19(2,17)18/h15-16H,3-14H2,1-2H3. The van der Waals surface area contributed by atoms with Crippen molar-refractivity contribution >= 4 is 9.84 Å². The predicted octanol–water partition coefficient (Wildman–Crippen LogP) is 3.70. The molecule has 0 aliphatic rings. The maximum atomic E-state index is 10.9. The van der Waals surface area contributed by atoms with Gasteiger partial charge in [0.1, 0.15) is 9.84 Å². The van der Waals surface area contributed by atoms with Crippen molar-refractivity contribution in [1.82, 2.24) is 0 Å². The Hall–Kier alpha value is -0.0900. The topological polar surface area (TPSA) is 54.4 Å². The van der Waals surface area contributed by atoms with Crippen LogP contribution in [0, 0.1) is 0 Å². The van der Waals surface area contributed by atoms with Crippen LogP contribution in [0.1, 0.15) is 77.6 Å². The smallest absolute Gasteiger partial charge is 0.147 e. The van der Waals surface area contributed by atoms with Crippen LogP contribution in [0.3, 0.4) is 0 Å². The van der Waals surface area contributed by atoms with Gasteiger partial charge in [-0.1, -0.05) is 64.7 Å². The molecule has 0 aromatic heterocycles. The van der Waals surface area contributed by atoms with Gasteiger partial charge in [-0.2, -0.15) is 0 Å². The zero-order chi connectivity index (χ0) is 14.6. The molecule has 1 atom stereocenters. The Kier molecular flexibility index (Phi) is 11.7. The highest BCUT2D eigenvalue weighted by Gasteiger charge is 2.08. The summed E-state index contributed by atoms with van der Waals surface area (Å²) in [6.45, 7) is 2.23. The summed E-state index contributed by atoms with van der Waals surface area (Å²) in [7, 11) is -2.93. The first-order chi connectivity index (χ1) is 8.95. The summed E-state index contributed by atoms with van der Waals surface area (Å²) >= 11 is 0. The molecular weight excluding hydrogens is 260 g/mol. The van der Waals surface area contributed by atoms with Crippen LogP contribution >= 0.6 is 0 Å². The SMILES string of the molecule is CCCCCCCCCCCC(O)CCS(C)(=O)=O. The van der Waals surface area contributed by atoms with Crippen LogP contribution in [0.4, 0.5) is 0 Å². The summed E-state index contributed by atoms with van der Waals surface area (Å²) in [5, 5.41) is 9.65. The number of aliphatic hydroxyl groups is 1. The Labute approximate surface area is 119 Å². The lowest BCUT2D eigenvalue weighted by atomic mass is 10.0. The molecule has 0 saturated carbocycles. The van der Waals surface area contributed by atoms with E-state index in [4.69, 9.17) is 0 Å². The first kappa shape index (κ1) is 18.9. The molecule has 1 unspecified atom stereocenters. The van der Waals surface area contributed by atoms with Crippen molar-refractivity contribution in [3.63, 3.8) is 0 Å². The molecule has 0 saturated heterocycles. The van der Waals surface area contributed by atoms with Gasteiger partial charge in [0, 0.05) is 6.26 Å². The van der Waals surface area contributed by atoms with E-state index < -0.39 is 15.9 Å². The van der Waals surface area contributed by atoms with Gasteiger partial charge >= 0.3 is 0 Å². The number of rotatable bonds is 13. The Morgan fingerprint density at radius 1 is 0.842 bits per heavy atom. The normalized spacial score (nSPS) is 13.6. The van der Waals surface area contributed by atoms with Crippen molar-refractivity contribution in [1.29, 1.82) is 0 Å². The van der Waals surface area contributed by atoms with Crippen LogP contribution in [0.2, 0.25) is 0 Å². The molecule has 0 radical (unpaired) electrons. The molecule has 0 bridgehead atoms. The molecular formula is C15H32O3S. The lowest BCUT2D eigenvalue weighted by Crippen LogP contribution is -2.13. The molecule has 19 heavy (non-hydrogen) atoms. The summed E-state index contributed by atoms with van der Waals surface area (Å²) < 4.78 is 21.9. The number of sulfone groups is 1. The second-order valence-corrected chi connectivity index (χ2v) is 7.95. The third-order valence-corrected chi connectivity index (χ3v) is 4.44. The zero-order valence-electron chi connectivity index (χ0n) is 12.7. The van der Waals surface area contributed by atoms with Gasteiger partial charge in [-0.25, -0.2) is 8.42 Å². The Morgan fingerprint density at radius 3 is 1.79 bits per heavy atom. The monoisotopic (exact) mass is 292 g/mol. The number of hydrogen-bond donors (Lipinski definition) is 1. The van der Waals surface area contributed by atoms with Crippen molar-refractivity contribution in [2.75, 3.05) is 12.0 Å². The molecule has 0 spiro atoms. The van der Waals surface area contributed by atoms with Crippen molar-refractivity contribution in [2.45, 2.75) is 83.7 Å². The van der Waals surface area contributed by atoms with E-state index in [0.29, 0.717) is 6.42 Å². The van der Waals surface area contributed by atoms with E-state index >= 15 is 0 Å². The molecule has 0 rings (SSSR count). The summed E-state index contributed by atoms with van der Waals surface area (Å²) in [4.78, 5) is 0. The van der Waals surface area contributed by atoms with Gasteiger partial charge in [-0.15, -0.1) is 0 Å². The minimum Gasteiger partial charge on any atom is -0.393 e. The minimum absolute atomic E-state index is 0.103. The number of unbranched alkanes of at least 4 members (excludes halogenated alkanes) is 8. The lowest BCUT2D eigenvalue weighted by Gasteiger charge is -2.09.